The molecule has 0 atom stereocenters. The second-order valence-corrected chi connectivity index (χ2v) is 6.66. The molecule has 3 amide bonds. The van der Waals surface area contributed by atoms with E-state index in [9.17, 15) is 19.7 Å². The Kier molecular flexibility index (Phi) is 6.21. The van der Waals surface area contributed by atoms with Crippen LogP contribution in [0.5, 0.6) is 0 Å². The highest BCUT2D eigenvalue weighted by Gasteiger charge is 2.18. The third-order valence-corrected chi connectivity index (χ3v) is 4.60. The van der Waals surface area contributed by atoms with Crippen molar-refractivity contribution in [1.29, 1.82) is 0 Å². The summed E-state index contributed by atoms with van der Waals surface area (Å²) in [6, 6.07) is 13.3. The number of nitrogens with zero attached hydrogens (tertiary/aromatic N) is 2. The van der Waals surface area contributed by atoms with Gasteiger partial charge in [0.25, 0.3) is 5.69 Å². The molecule has 0 aromatic heterocycles. The molecule has 28 heavy (non-hydrogen) atoms. The second-order valence-electron chi connectivity index (χ2n) is 6.66. The summed E-state index contributed by atoms with van der Waals surface area (Å²) in [6.45, 7) is 1.81. The van der Waals surface area contributed by atoms with E-state index in [1.165, 1.54) is 6.07 Å². The number of hydrogen-bond donors (Lipinski definition) is 2. The Hall–Kier alpha value is -3.42. The molecule has 1 fully saturated rings. The lowest BCUT2D eigenvalue weighted by atomic mass is 10.1. The number of nitro benzene ring substituents is 1. The van der Waals surface area contributed by atoms with Crippen molar-refractivity contribution in [3.8, 4) is 0 Å². The van der Waals surface area contributed by atoms with Crippen LogP contribution in [-0.4, -0.2) is 34.9 Å². The maximum atomic E-state index is 12.2. The number of carbonyl (C=O) groups is 2. The Morgan fingerprint density at radius 1 is 1.07 bits per heavy atom. The molecule has 1 aliphatic rings. The molecule has 3 rings (SSSR count). The number of urea groups is 1. The molecule has 8 nitrogen and oxygen atoms in total. The number of para-hydroxylation sites is 1. The molecule has 0 radical (unpaired) electrons. The second kappa shape index (κ2) is 8.98. The van der Waals surface area contributed by atoms with E-state index < -0.39 is 4.92 Å². The molecule has 0 bridgehead atoms. The molecule has 2 aromatic rings. The van der Waals surface area contributed by atoms with Crippen LogP contribution in [0.15, 0.2) is 48.5 Å². The van der Waals surface area contributed by atoms with Gasteiger partial charge >= 0.3 is 6.03 Å². The number of nitro groups is 1. The Balaban J connectivity index is 1.55. The summed E-state index contributed by atoms with van der Waals surface area (Å²) in [5.74, 6) is -0.305. The van der Waals surface area contributed by atoms with Gasteiger partial charge in [-0.3, -0.25) is 14.9 Å². The van der Waals surface area contributed by atoms with Crippen molar-refractivity contribution >= 4 is 23.3 Å². The van der Waals surface area contributed by atoms with Crippen LogP contribution in [0.25, 0.3) is 0 Å². The SMILES string of the molecule is O=C(Cc1ccccc1[N+](=O)[O-])NCc1cccc(NC(=O)N2CCCC2)c1. The number of anilines is 1. The molecule has 1 saturated heterocycles. The van der Waals surface area contributed by atoms with E-state index in [-0.39, 0.29) is 30.6 Å². The quantitative estimate of drug-likeness (QED) is 0.592. The summed E-state index contributed by atoms with van der Waals surface area (Å²) >= 11 is 0. The molecule has 2 N–H and O–H groups in total. The molecule has 2 aromatic carbocycles. The standard InChI is InChI=1S/C20H22N4O4/c25-19(13-16-7-1-2-9-18(16)24(27)28)21-14-15-6-5-8-17(12-15)22-20(26)23-10-3-4-11-23/h1-2,5-9,12H,3-4,10-11,13-14H2,(H,21,25)(H,22,26). The van der Waals surface area contributed by atoms with Gasteiger partial charge in [-0.25, -0.2) is 4.79 Å². The topological polar surface area (TPSA) is 105 Å². The lowest BCUT2D eigenvalue weighted by Gasteiger charge is -2.16. The van der Waals surface area contributed by atoms with Gasteiger partial charge in [0.1, 0.15) is 0 Å². The van der Waals surface area contributed by atoms with Gasteiger partial charge in [0, 0.05) is 37.0 Å². The summed E-state index contributed by atoms with van der Waals surface area (Å²) in [6.07, 6.45) is 1.99. The minimum Gasteiger partial charge on any atom is -0.352 e. The van der Waals surface area contributed by atoms with E-state index in [1.54, 1.807) is 35.2 Å². The smallest absolute Gasteiger partial charge is 0.321 e. The zero-order valence-corrected chi connectivity index (χ0v) is 15.4. The fourth-order valence-corrected chi connectivity index (χ4v) is 3.16. The normalized spacial score (nSPS) is 13.2. The molecule has 0 spiro atoms. The van der Waals surface area contributed by atoms with Gasteiger partial charge in [-0.05, 0) is 30.5 Å². The van der Waals surface area contributed by atoms with E-state index >= 15 is 0 Å². The number of likely N-dealkylation sites (tertiary alicyclic amines) is 1. The molecule has 0 aliphatic carbocycles. The van der Waals surface area contributed by atoms with E-state index in [4.69, 9.17) is 0 Å². The lowest BCUT2D eigenvalue weighted by Crippen LogP contribution is -2.32. The molecule has 0 unspecified atom stereocenters. The van der Waals surface area contributed by atoms with Gasteiger partial charge in [0.15, 0.2) is 0 Å². The van der Waals surface area contributed by atoms with Crippen LogP contribution >= 0.6 is 0 Å². The summed E-state index contributed by atoms with van der Waals surface area (Å²) in [5.41, 5.74) is 1.80. The lowest BCUT2D eigenvalue weighted by molar-refractivity contribution is -0.385. The van der Waals surface area contributed by atoms with Crippen molar-refractivity contribution in [2.24, 2.45) is 0 Å². The molecular formula is C20H22N4O4. The van der Waals surface area contributed by atoms with Crippen LogP contribution in [0, 0.1) is 10.1 Å². The Bertz CT molecular complexity index is 878. The maximum Gasteiger partial charge on any atom is 0.321 e. The van der Waals surface area contributed by atoms with Crippen molar-refractivity contribution in [1.82, 2.24) is 10.2 Å². The van der Waals surface area contributed by atoms with Gasteiger partial charge in [-0.1, -0.05) is 30.3 Å². The average molecular weight is 382 g/mol. The number of carbonyl (C=O) groups excluding carboxylic acids is 2. The van der Waals surface area contributed by atoms with E-state index in [0.717, 1.165) is 31.5 Å². The van der Waals surface area contributed by atoms with Crippen LogP contribution in [0.1, 0.15) is 24.0 Å². The van der Waals surface area contributed by atoms with Crippen molar-refractivity contribution < 1.29 is 14.5 Å². The van der Waals surface area contributed by atoms with Crippen molar-refractivity contribution in [2.75, 3.05) is 18.4 Å². The molecule has 1 aliphatic heterocycles. The summed E-state index contributed by atoms with van der Waals surface area (Å²) in [7, 11) is 0. The van der Waals surface area contributed by atoms with Crippen LogP contribution in [-0.2, 0) is 17.8 Å². The number of benzene rings is 2. The predicted octanol–water partition coefficient (Wildman–Crippen LogP) is 3.08. The van der Waals surface area contributed by atoms with Crippen molar-refractivity contribution in [3.63, 3.8) is 0 Å². The first kappa shape index (κ1) is 19.3. The van der Waals surface area contributed by atoms with Crippen molar-refractivity contribution in [3.05, 3.63) is 69.8 Å². The highest BCUT2D eigenvalue weighted by molar-refractivity contribution is 5.89. The summed E-state index contributed by atoms with van der Waals surface area (Å²) in [4.78, 5) is 36.7. The van der Waals surface area contributed by atoms with Crippen LogP contribution in [0.3, 0.4) is 0 Å². The van der Waals surface area contributed by atoms with E-state index in [0.29, 0.717) is 11.3 Å². The molecular weight excluding hydrogens is 360 g/mol. The minimum absolute atomic E-state index is 0.0655. The van der Waals surface area contributed by atoms with Crippen LogP contribution in [0.4, 0.5) is 16.2 Å². The van der Waals surface area contributed by atoms with Gasteiger partial charge in [-0.15, -0.1) is 0 Å². The van der Waals surface area contributed by atoms with E-state index in [2.05, 4.69) is 10.6 Å². The molecule has 8 heteroatoms. The Morgan fingerprint density at radius 2 is 1.82 bits per heavy atom. The first-order valence-corrected chi connectivity index (χ1v) is 9.17. The van der Waals surface area contributed by atoms with Gasteiger partial charge in [0.2, 0.25) is 5.91 Å². The van der Waals surface area contributed by atoms with Crippen LogP contribution in [0.2, 0.25) is 0 Å². The van der Waals surface area contributed by atoms with Crippen molar-refractivity contribution in [2.45, 2.75) is 25.8 Å². The average Bonchev–Trinajstić information content (AvgIpc) is 3.22. The number of nitrogens with one attached hydrogen (secondary N) is 2. The predicted molar refractivity (Wildman–Crippen MR) is 105 cm³/mol. The van der Waals surface area contributed by atoms with Gasteiger partial charge in [-0.2, -0.15) is 0 Å². The molecule has 1 heterocycles. The number of rotatable bonds is 6. The zero-order valence-electron chi connectivity index (χ0n) is 15.4. The first-order valence-electron chi connectivity index (χ1n) is 9.17. The summed E-state index contributed by atoms with van der Waals surface area (Å²) in [5, 5.41) is 16.7. The minimum atomic E-state index is -0.491. The largest absolute Gasteiger partial charge is 0.352 e. The monoisotopic (exact) mass is 382 g/mol. The number of amides is 3. The zero-order chi connectivity index (χ0) is 19.9. The van der Waals surface area contributed by atoms with E-state index in [1.807, 2.05) is 12.1 Å². The van der Waals surface area contributed by atoms with Gasteiger partial charge < -0.3 is 15.5 Å². The highest BCUT2D eigenvalue weighted by atomic mass is 16.6. The Morgan fingerprint density at radius 3 is 2.57 bits per heavy atom. The third kappa shape index (κ3) is 5.06. The summed E-state index contributed by atoms with van der Waals surface area (Å²) < 4.78 is 0. The molecule has 0 saturated carbocycles. The van der Waals surface area contributed by atoms with Crippen LogP contribution < -0.4 is 10.6 Å². The highest BCUT2D eigenvalue weighted by Crippen LogP contribution is 2.18. The fourth-order valence-electron chi connectivity index (χ4n) is 3.16. The molecule has 146 valence electrons. The van der Waals surface area contributed by atoms with Gasteiger partial charge in [0.05, 0.1) is 11.3 Å². The third-order valence-electron chi connectivity index (χ3n) is 4.60. The first-order chi connectivity index (χ1) is 13.5. The number of hydrogen-bond acceptors (Lipinski definition) is 4. The maximum absolute atomic E-state index is 12.2. The Labute approximate surface area is 162 Å². The fraction of sp³-hybridized carbons (Fsp3) is 0.300.